The van der Waals surface area contributed by atoms with Gasteiger partial charge in [0.1, 0.15) is 0 Å². The molecule has 0 N–H and O–H groups in total. The third-order valence-corrected chi connectivity index (χ3v) is 3.76. The molecule has 1 saturated heterocycles. The molecular weight excluding hydrogens is 282 g/mol. The Hall–Kier alpha value is -0.870. The average Bonchev–Trinajstić information content (AvgIpc) is 2.33. The van der Waals surface area contributed by atoms with Crippen LogP contribution in [0.2, 0.25) is 0 Å². The van der Waals surface area contributed by atoms with Crippen molar-refractivity contribution in [2.75, 3.05) is 18.6 Å². The number of nitrogens with zero attached hydrogens (tertiary/aromatic N) is 1. The van der Waals surface area contributed by atoms with Crippen molar-refractivity contribution in [3.05, 3.63) is 29.8 Å². The summed E-state index contributed by atoms with van der Waals surface area (Å²) in [4.78, 5) is 13.9. The van der Waals surface area contributed by atoms with Crippen molar-refractivity contribution in [2.45, 2.75) is 24.3 Å². The molecule has 0 aliphatic carbocycles. The number of amides is 1. The van der Waals surface area contributed by atoms with Crippen LogP contribution in [0, 0.1) is 0 Å². The molecule has 1 heterocycles. The van der Waals surface area contributed by atoms with E-state index in [1.807, 2.05) is 29.2 Å². The lowest BCUT2D eigenvalue weighted by atomic mass is 10.1. The summed E-state index contributed by atoms with van der Waals surface area (Å²) in [5, 5.41) is 0. The molecule has 1 aliphatic heterocycles. The number of rotatable bonds is 3. The molecule has 17 heavy (non-hydrogen) atoms. The van der Waals surface area contributed by atoms with E-state index < -0.39 is 0 Å². The molecule has 0 spiro atoms. The molecule has 1 unspecified atom stereocenters. The third-order valence-electron chi connectivity index (χ3n) is 2.91. The lowest BCUT2D eigenvalue weighted by molar-refractivity contribution is -0.118. The Morgan fingerprint density at radius 2 is 2.35 bits per heavy atom. The minimum Gasteiger partial charge on any atom is -0.380 e. The minimum absolute atomic E-state index is 0.0395. The SMILES string of the molecule is COCc1cccc(N2CCCC(Br)C2=O)c1. The van der Waals surface area contributed by atoms with Crippen molar-refractivity contribution in [1.29, 1.82) is 0 Å². The first-order chi connectivity index (χ1) is 8.22. The second-order valence-corrected chi connectivity index (χ2v) is 5.31. The number of hydrogen-bond acceptors (Lipinski definition) is 2. The molecule has 4 heteroatoms. The van der Waals surface area contributed by atoms with E-state index in [0.717, 1.165) is 30.6 Å². The van der Waals surface area contributed by atoms with Gasteiger partial charge in [0, 0.05) is 19.3 Å². The number of anilines is 1. The fourth-order valence-corrected chi connectivity index (χ4v) is 2.64. The number of carbonyl (C=O) groups is 1. The van der Waals surface area contributed by atoms with Crippen molar-refractivity contribution in [3.8, 4) is 0 Å². The molecule has 1 aromatic rings. The molecule has 3 nitrogen and oxygen atoms in total. The van der Waals surface area contributed by atoms with Gasteiger partial charge in [-0.15, -0.1) is 0 Å². The van der Waals surface area contributed by atoms with Gasteiger partial charge in [-0.3, -0.25) is 4.79 Å². The van der Waals surface area contributed by atoms with Gasteiger partial charge >= 0.3 is 0 Å². The summed E-state index contributed by atoms with van der Waals surface area (Å²) in [7, 11) is 1.67. The van der Waals surface area contributed by atoms with Gasteiger partial charge in [0.2, 0.25) is 5.91 Å². The fourth-order valence-electron chi connectivity index (χ4n) is 2.07. The monoisotopic (exact) mass is 297 g/mol. The van der Waals surface area contributed by atoms with Crippen LogP contribution in [0.1, 0.15) is 18.4 Å². The van der Waals surface area contributed by atoms with Crippen LogP contribution < -0.4 is 4.90 Å². The van der Waals surface area contributed by atoms with Crippen molar-refractivity contribution in [3.63, 3.8) is 0 Å². The van der Waals surface area contributed by atoms with Crippen LogP contribution in [0.25, 0.3) is 0 Å². The smallest absolute Gasteiger partial charge is 0.240 e. The number of alkyl halides is 1. The van der Waals surface area contributed by atoms with Gasteiger partial charge in [0.15, 0.2) is 0 Å². The van der Waals surface area contributed by atoms with Crippen LogP contribution in [-0.4, -0.2) is 24.4 Å². The quantitative estimate of drug-likeness (QED) is 0.803. The number of carbonyl (C=O) groups excluding carboxylic acids is 1. The van der Waals surface area contributed by atoms with Gasteiger partial charge in [-0.25, -0.2) is 0 Å². The summed E-state index contributed by atoms with van der Waals surface area (Å²) in [6, 6.07) is 7.97. The minimum atomic E-state index is -0.0395. The fraction of sp³-hybridized carbons (Fsp3) is 0.462. The normalized spacial score (nSPS) is 20.7. The number of piperidine rings is 1. The maximum Gasteiger partial charge on any atom is 0.240 e. The van der Waals surface area contributed by atoms with Gasteiger partial charge in [0.05, 0.1) is 11.4 Å². The standard InChI is InChI=1S/C13H16BrNO2/c1-17-9-10-4-2-5-11(8-10)15-7-3-6-12(14)13(15)16/h2,4-5,8,12H,3,6-7,9H2,1H3. The van der Waals surface area contributed by atoms with E-state index in [4.69, 9.17) is 4.74 Å². The van der Waals surface area contributed by atoms with Gasteiger partial charge in [-0.2, -0.15) is 0 Å². The molecule has 2 rings (SSSR count). The zero-order valence-corrected chi connectivity index (χ0v) is 11.4. The van der Waals surface area contributed by atoms with E-state index in [2.05, 4.69) is 15.9 Å². The van der Waals surface area contributed by atoms with E-state index in [1.54, 1.807) is 7.11 Å². The predicted octanol–water partition coefficient (Wildman–Crippen LogP) is 2.72. The first-order valence-electron chi connectivity index (χ1n) is 5.75. The molecule has 0 saturated carbocycles. The van der Waals surface area contributed by atoms with Crippen LogP contribution in [0.15, 0.2) is 24.3 Å². The van der Waals surface area contributed by atoms with Crippen LogP contribution in [0.5, 0.6) is 0 Å². The summed E-state index contributed by atoms with van der Waals surface area (Å²) < 4.78 is 5.11. The molecule has 1 aliphatic rings. The number of halogens is 1. The zero-order chi connectivity index (χ0) is 12.3. The van der Waals surface area contributed by atoms with Crippen molar-refractivity contribution in [2.24, 2.45) is 0 Å². The highest BCUT2D eigenvalue weighted by molar-refractivity contribution is 9.10. The lowest BCUT2D eigenvalue weighted by Gasteiger charge is -2.30. The highest BCUT2D eigenvalue weighted by Crippen LogP contribution is 2.25. The van der Waals surface area contributed by atoms with E-state index in [0.29, 0.717) is 6.61 Å². The maximum atomic E-state index is 12.0. The number of hydrogen-bond donors (Lipinski definition) is 0. The molecule has 0 bridgehead atoms. The largest absolute Gasteiger partial charge is 0.380 e. The molecule has 1 aromatic carbocycles. The van der Waals surface area contributed by atoms with Crippen LogP contribution >= 0.6 is 15.9 Å². The average molecular weight is 298 g/mol. The summed E-state index contributed by atoms with van der Waals surface area (Å²) in [5.41, 5.74) is 2.06. The first-order valence-corrected chi connectivity index (χ1v) is 6.67. The first kappa shape index (κ1) is 12.6. The van der Waals surface area contributed by atoms with Crippen molar-refractivity contribution in [1.82, 2.24) is 0 Å². The highest BCUT2D eigenvalue weighted by Gasteiger charge is 2.27. The summed E-state index contributed by atoms with van der Waals surface area (Å²) in [6.07, 6.45) is 1.96. The summed E-state index contributed by atoms with van der Waals surface area (Å²) in [6.45, 7) is 1.38. The Balaban J connectivity index is 2.20. The number of methoxy groups -OCH3 is 1. The highest BCUT2D eigenvalue weighted by atomic mass is 79.9. The van der Waals surface area contributed by atoms with E-state index in [1.165, 1.54) is 0 Å². The second kappa shape index (κ2) is 5.65. The molecule has 1 atom stereocenters. The van der Waals surface area contributed by atoms with E-state index in [9.17, 15) is 4.79 Å². The number of ether oxygens (including phenoxy) is 1. The number of benzene rings is 1. The summed E-state index contributed by atoms with van der Waals surface area (Å²) >= 11 is 3.42. The van der Waals surface area contributed by atoms with Gasteiger partial charge in [0.25, 0.3) is 0 Å². The Morgan fingerprint density at radius 3 is 3.12 bits per heavy atom. The molecule has 0 radical (unpaired) electrons. The maximum absolute atomic E-state index is 12.0. The summed E-state index contributed by atoms with van der Waals surface area (Å²) in [5.74, 6) is 0.158. The van der Waals surface area contributed by atoms with E-state index in [-0.39, 0.29) is 10.7 Å². The Bertz CT molecular complexity index is 408. The predicted molar refractivity (Wildman–Crippen MR) is 71.5 cm³/mol. The second-order valence-electron chi connectivity index (χ2n) is 4.20. The third kappa shape index (κ3) is 2.87. The van der Waals surface area contributed by atoms with Crippen LogP contribution in [-0.2, 0) is 16.1 Å². The zero-order valence-electron chi connectivity index (χ0n) is 9.86. The Morgan fingerprint density at radius 1 is 1.53 bits per heavy atom. The molecule has 1 amide bonds. The van der Waals surface area contributed by atoms with E-state index >= 15 is 0 Å². The van der Waals surface area contributed by atoms with Crippen molar-refractivity contribution >= 4 is 27.5 Å². The topological polar surface area (TPSA) is 29.5 Å². The Kier molecular flexibility index (Phi) is 4.18. The Labute approximate surface area is 110 Å². The molecule has 0 aromatic heterocycles. The van der Waals surface area contributed by atoms with Crippen LogP contribution in [0.4, 0.5) is 5.69 Å². The lowest BCUT2D eigenvalue weighted by Crippen LogP contribution is -2.41. The molecular formula is C13H16BrNO2. The van der Waals surface area contributed by atoms with Gasteiger partial charge < -0.3 is 9.64 Å². The molecule has 92 valence electrons. The van der Waals surface area contributed by atoms with Gasteiger partial charge in [-0.1, -0.05) is 28.1 Å². The van der Waals surface area contributed by atoms with Crippen LogP contribution in [0.3, 0.4) is 0 Å². The van der Waals surface area contributed by atoms with Crippen molar-refractivity contribution < 1.29 is 9.53 Å². The molecule has 1 fully saturated rings. The van der Waals surface area contributed by atoms with Gasteiger partial charge in [-0.05, 0) is 30.5 Å².